The van der Waals surface area contributed by atoms with Crippen LogP contribution in [0.5, 0.6) is 0 Å². The average Bonchev–Trinajstić information content (AvgIpc) is 2.97. The molecule has 5 heteroatoms. The third-order valence-electron chi connectivity index (χ3n) is 5.73. The second kappa shape index (κ2) is 5.26. The van der Waals surface area contributed by atoms with Crippen LogP contribution in [0.1, 0.15) is 50.6 Å². The third-order valence-corrected chi connectivity index (χ3v) is 5.73. The Morgan fingerprint density at radius 3 is 2.52 bits per heavy atom. The molecular formula is C18H21F2NO2. The highest BCUT2D eigenvalue weighted by molar-refractivity contribution is 5.87. The van der Waals surface area contributed by atoms with Crippen LogP contribution in [0.4, 0.5) is 8.78 Å². The summed E-state index contributed by atoms with van der Waals surface area (Å²) in [7, 11) is 0. The molecule has 2 atom stereocenters. The van der Waals surface area contributed by atoms with Gasteiger partial charge in [0.2, 0.25) is 5.91 Å². The zero-order chi connectivity index (χ0) is 16.2. The van der Waals surface area contributed by atoms with Crippen LogP contribution < -0.4 is 0 Å². The second-order valence-electron chi connectivity index (χ2n) is 7.13. The molecule has 0 aromatic heterocycles. The van der Waals surface area contributed by atoms with Gasteiger partial charge in [-0.3, -0.25) is 4.79 Å². The first-order chi connectivity index (χ1) is 11.0. The van der Waals surface area contributed by atoms with E-state index in [9.17, 15) is 13.6 Å². The van der Waals surface area contributed by atoms with Crippen LogP contribution >= 0.6 is 0 Å². The summed E-state index contributed by atoms with van der Waals surface area (Å²) >= 11 is 0. The van der Waals surface area contributed by atoms with Gasteiger partial charge in [0.05, 0.1) is 17.6 Å². The van der Waals surface area contributed by atoms with Crippen molar-refractivity contribution in [1.82, 2.24) is 4.90 Å². The number of amides is 1. The van der Waals surface area contributed by atoms with Crippen LogP contribution in [0.25, 0.3) is 0 Å². The van der Waals surface area contributed by atoms with E-state index in [1.807, 2.05) is 11.8 Å². The maximum absolute atomic E-state index is 13.5. The van der Waals surface area contributed by atoms with Gasteiger partial charge in [-0.1, -0.05) is 0 Å². The van der Waals surface area contributed by atoms with E-state index in [1.54, 1.807) is 0 Å². The Hall–Kier alpha value is -1.49. The highest BCUT2D eigenvalue weighted by atomic mass is 19.1. The van der Waals surface area contributed by atoms with Crippen LogP contribution in [-0.2, 0) is 9.53 Å². The van der Waals surface area contributed by atoms with E-state index in [0.717, 1.165) is 38.2 Å². The lowest BCUT2D eigenvalue weighted by molar-refractivity contribution is -0.152. The largest absolute Gasteiger partial charge is 0.378 e. The van der Waals surface area contributed by atoms with Gasteiger partial charge in [0.15, 0.2) is 0 Å². The van der Waals surface area contributed by atoms with Crippen molar-refractivity contribution in [2.75, 3.05) is 6.61 Å². The summed E-state index contributed by atoms with van der Waals surface area (Å²) in [5.74, 6) is -1.000. The van der Waals surface area contributed by atoms with E-state index < -0.39 is 11.6 Å². The number of ether oxygens (including phenoxy) is 1. The van der Waals surface area contributed by atoms with Crippen molar-refractivity contribution in [2.24, 2.45) is 5.41 Å². The maximum Gasteiger partial charge on any atom is 0.229 e. The zero-order valence-electron chi connectivity index (χ0n) is 13.2. The number of halogens is 2. The van der Waals surface area contributed by atoms with Gasteiger partial charge < -0.3 is 9.64 Å². The number of carbonyl (C=O) groups excluding carboxylic acids is 1. The predicted octanol–water partition coefficient (Wildman–Crippen LogP) is 3.59. The number of nitrogens with zero attached hydrogens (tertiary/aromatic N) is 1. The van der Waals surface area contributed by atoms with Gasteiger partial charge in [-0.15, -0.1) is 0 Å². The molecule has 1 amide bonds. The number of benzene rings is 1. The first-order valence-electron chi connectivity index (χ1n) is 8.43. The topological polar surface area (TPSA) is 29.5 Å². The summed E-state index contributed by atoms with van der Waals surface area (Å²) in [5.41, 5.74) is 0.297. The molecule has 0 bridgehead atoms. The summed E-state index contributed by atoms with van der Waals surface area (Å²) in [6.45, 7) is 2.64. The van der Waals surface area contributed by atoms with Crippen molar-refractivity contribution in [3.05, 3.63) is 35.4 Å². The molecule has 1 aromatic rings. The lowest BCUT2D eigenvalue weighted by atomic mass is 9.64. The van der Waals surface area contributed by atoms with Crippen molar-refractivity contribution in [1.29, 1.82) is 0 Å². The summed E-state index contributed by atoms with van der Waals surface area (Å²) in [6.07, 6.45) is 4.33. The van der Waals surface area contributed by atoms with Crippen LogP contribution in [-0.4, -0.2) is 29.6 Å². The van der Waals surface area contributed by atoms with E-state index >= 15 is 0 Å². The Labute approximate surface area is 134 Å². The van der Waals surface area contributed by atoms with Crippen molar-refractivity contribution >= 4 is 5.91 Å². The van der Waals surface area contributed by atoms with Crippen LogP contribution in [0, 0.1) is 17.0 Å². The molecule has 0 radical (unpaired) electrons. The molecule has 3 fully saturated rings. The number of carbonyl (C=O) groups is 1. The summed E-state index contributed by atoms with van der Waals surface area (Å²) in [4.78, 5) is 14.9. The SMILES string of the molecule is CCOC1CC2(C1)CC1CCC(c3cc(F)cc(F)c3)N1C2=O. The van der Waals surface area contributed by atoms with Crippen molar-refractivity contribution in [3.8, 4) is 0 Å². The molecule has 1 saturated carbocycles. The lowest BCUT2D eigenvalue weighted by Crippen LogP contribution is -2.48. The van der Waals surface area contributed by atoms with E-state index in [4.69, 9.17) is 4.74 Å². The van der Waals surface area contributed by atoms with Gasteiger partial charge in [-0.25, -0.2) is 8.78 Å². The Balaban J connectivity index is 1.56. The van der Waals surface area contributed by atoms with E-state index in [2.05, 4.69) is 0 Å². The molecule has 3 aliphatic rings. The first-order valence-corrected chi connectivity index (χ1v) is 8.43. The molecule has 4 rings (SSSR count). The molecule has 2 heterocycles. The maximum atomic E-state index is 13.5. The Morgan fingerprint density at radius 1 is 1.17 bits per heavy atom. The van der Waals surface area contributed by atoms with Crippen molar-refractivity contribution in [2.45, 2.75) is 57.2 Å². The fraction of sp³-hybridized carbons (Fsp3) is 0.611. The normalized spacial score (nSPS) is 35.7. The molecule has 1 aliphatic carbocycles. The van der Waals surface area contributed by atoms with Crippen molar-refractivity contribution < 1.29 is 18.3 Å². The van der Waals surface area contributed by atoms with E-state index in [0.29, 0.717) is 12.2 Å². The smallest absolute Gasteiger partial charge is 0.229 e. The van der Waals surface area contributed by atoms with Gasteiger partial charge in [-0.05, 0) is 56.7 Å². The monoisotopic (exact) mass is 321 g/mol. The molecule has 2 unspecified atom stereocenters. The summed E-state index contributed by atoms with van der Waals surface area (Å²) in [6, 6.07) is 3.61. The van der Waals surface area contributed by atoms with Crippen LogP contribution in [0.15, 0.2) is 18.2 Å². The third kappa shape index (κ3) is 2.28. The minimum absolute atomic E-state index is 0.158. The quantitative estimate of drug-likeness (QED) is 0.851. The first kappa shape index (κ1) is 15.1. The fourth-order valence-electron chi connectivity index (χ4n) is 4.80. The molecule has 1 aromatic carbocycles. The number of hydrogen-bond donors (Lipinski definition) is 0. The van der Waals surface area contributed by atoms with Gasteiger partial charge in [0.1, 0.15) is 11.6 Å². The van der Waals surface area contributed by atoms with E-state index in [-0.39, 0.29) is 29.5 Å². The molecule has 3 nitrogen and oxygen atoms in total. The van der Waals surface area contributed by atoms with Crippen LogP contribution in [0.2, 0.25) is 0 Å². The van der Waals surface area contributed by atoms with Gasteiger partial charge in [0.25, 0.3) is 0 Å². The number of fused-ring (bicyclic) bond motifs is 1. The van der Waals surface area contributed by atoms with Crippen molar-refractivity contribution in [3.63, 3.8) is 0 Å². The summed E-state index contributed by atoms with van der Waals surface area (Å²) < 4.78 is 32.7. The summed E-state index contributed by atoms with van der Waals surface area (Å²) in [5, 5.41) is 0. The van der Waals surface area contributed by atoms with E-state index in [1.165, 1.54) is 12.1 Å². The standard InChI is InChI=1S/C18H21F2NO2/c1-2-23-15-9-18(10-15)8-14-3-4-16(21(14)17(18)22)11-5-12(19)7-13(20)6-11/h5-7,14-16H,2-4,8-10H2,1H3. The number of rotatable bonds is 3. The molecule has 23 heavy (non-hydrogen) atoms. The fourth-order valence-corrected chi connectivity index (χ4v) is 4.80. The molecule has 2 aliphatic heterocycles. The zero-order valence-corrected chi connectivity index (χ0v) is 13.2. The Morgan fingerprint density at radius 2 is 1.87 bits per heavy atom. The predicted molar refractivity (Wildman–Crippen MR) is 80.7 cm³/mol. The molecule has 0 N–H and O–H groups in total. The highest BCUT2D eigenvalue weighted by Crippen LogP contribution is 2.57. The van der Waals surface area contributed by atoms with Gasteiger partial charge in [-0.2, -0.15) is 0 Å². The van der Waals surface area contributed by atoms with Crippen LogP contribution in [0.3, 0.4) is 0 Å². The number of hydrogen-bond acceptors (Lipinski definition) is 2. The molecular weight excluding hydrogens is 300 g/mol. The lowest BCUT2D eigenvalue weighted by Gasteiger charge is -2.43. The minimum Gasteiger partial charge on any atom is -0.378 e. The molecule has 124 valence electrons. The average molecular weight is 321 g/mol. The minimum atomic E-state index is -0.579. The highest BCUT2D eigenvalue weighted by Gasteiger charge is 2.61. The van der Waals surface area contributed by atoms with Gasteiger partial charge in [0, 0.05) is 18.7 Å². The Kier molecular flexibility index (Phi) is 3.45. The second-order valence-corrected chi connectivity index (χ2v) is 7.13. The Bertz CT molecular complexity index is 622. The molecule has 2 saturated heterocycles. The van der Waals surface area contributed by atoms with Gasteiger partial charge >= 0.3 is 0 Å². The molecule has 1 spiro atoms.